The highest BCUT2D eigenvalue weighted by atomic mass is 19.4. The summed E-state index contributed by atoms with van der Waals surface area (Å²) in [5.41, 5.74) is -0.0323. The van der Waals surface area contributed by atoms with E-state index in [1.807, 2.05) is 0 Å². The van der Waals surface area contributed by atoms with Crippen molar-refractivity contribution in [1.29, 1.82) is 0 Å². The zero-order chi connectivity index (χ0) is 15.2. The molecule has 3 nitrogen and oxygen atoms in total. The van der Waals surface area contributed by atoms with Gasteiger partial charge in [0.2, 0.25) is 5.56 Å². The third-order valence-electron chi connectivity index (χ3n) is 4.55. The lowest BCUT2D eigenvalue weighted by atomic mass is 9.74. The Labute approximate surface area is 120 Å². The summed E-state index contributed by atoms with van der Waals surface area (Å²) in [6, 6.07) is 0.675. The zero-order valence-electron chi connectivity index (χ0n) is 11.7. The van der Waals surface area contributed by atoms with Gasteiger partial charge in [-0.05, 0) is 30.4 Å². The number of aromatic amines is 1. The van der Waals surface area contributed by atoms with Crippen molar-refractivity contribution in [2.75, 3.05) is 6.54 Å². The molecule has 2 unspecified atom stereocenters. The van der Waals surface area contributed by atoms with Gasteiger partial charge in [-0.2, -0.15) is 13.2 Å². The van der Waals surface area contributed by atoms with Crippen LogP contribution in [0.25, 0.3) is 6.08 Å². The van der Waals surface area contributed by atoms with Gasteiger partial charge in [-0.15, -0.1) is 0 Å². The standard InChI is InChI=1S/C15H17F3N2O/c1-2-8-3-4-19-12-7-13-10(5-9(8)12)11(15(16,17)18)6-14(21)20-13/h6-9,19H,2-5H2,1H3,(H,20,21). The molecule has 1 saturated heterocycles. The largest absolute Gasteiger partial charge is 0.416 e. The average Bonchev–Trinajstić information content (AvgIpc) is 2.42. The summed E-state index contributed by atoms with van der Waals surface area (Å²) in [4.78, 5) is 14.0. The summed E-state index contributed by atoms with van der Waals surface area (Å²) in [5.74, 6) is 0.474. The molecule has 0 bridgehead atoms. The minimum Gasteiger partial charge on any atom is -0.388 e. The molecule has 1 aromatic rings. The molecular formula is C15H17F3N2O. The molecule has 2 heterocycles. The SMILES string of the molecule is CCC1CCNC2=Cc3[nH]c(=O)cc(C(F)(F)F)c3CC21. The van der Waals surface area contributed by atoms with Gasteiger partial charge in [0.25, 0.3) is 0 Å². The molecule has 114 valence electrons. The van der Waals surface area contributed by atoms with E-state index in [2.05, 4.69) is 17.2 Å². The average molecular weight is 298 g/mol. The van der Waals surface area contributed by atoms with Gasteiger partial charge in [0.1, 0.15) is 0 Å². The summed E-state index contributed by atoms with van der Waals surface area (Å²) >= 11 is 0. The van der Waals surface area contributed by atoms with Crippen molar-refractivity contribution >= 4 is 6.08 Å². The van der Waals surface area contributed by atoms with E-state index in [-0.39, 0.29) is 11.5 Å². The molecule has 0 spiro atoms. The molecule has 0 aromatic carbocycles. The van der Waals surface area contributed by atoms with Crippen molar-refractivity contribution in [3.8, 4) is 0 Å². The van der Waals surface area contributed by atoms with Crippen molar-refractivity contribution in [3.63, 3.8) is 0 Å². The lowest BCUT2D eigenvalue weighted by Gasteiger charge is -2.37. The predicted octanol–water partition coefficient (Wildman–Crippen LogP) is 2.93. The number of alkyl halides is 3. The van der Waals surface area contributed by atoms with Crippen molar-refractivity contribution in [1.82, 2.24) is 10.3 Å². The quantitative estimate of drug-likeness (QED) is 0.837. The molecular weight excluding hydrogens is 281 g/mol. The Morgan fingerprint density at radius 2 is 2.14 bits per heavy atom. The second-order valence-corrected chi connectivity index (χ2v) is 5.73. The van der Waals surface area contributed by atoms with Gasteiger partial charge in [0.15, 0.2) is 0 Å². The Kier molecular flexibility index (Phi) is 3.34. The number of allylic oxidation sites excluding steroid dienone is 1. The first-order valence-corrected chi connectivity index (χ1v) is 7.19. The third-order valence-corrected chi connectivity index (χ3v) is 4.55. The van der Waals surface area contributed by atoms with Crippen LogP contribution in [0, 0.1) is 11.8 Å². The topological polar surface area (TPSA) is 44.9 Å². The Morgan fingerprint density at radius 3 is 2.81 bits per heavy atom. The fraction of sp³-hybridized carbons (Fsp3) is 0.533. The lowest BCUT2D eigenvalue weighted by Crippen LogP contribution is -2.38. The summed E-state index contributed by atoms with van der Waals surface area (Å²) in [6.07, 6.45) is -0.560. The number of aromatic nitrogens is 1. The Hall–Kier alpha value is -1.72. The van der Waals surface area contributed by atoms with Crippen LogP contribution < -0.4 is 10.9 Å². The molecule has 2 atom stereocenters. The van der Waals surface area contributed by atoms with Crippen LogP contribution in [0.1, 0.15) is 36.6 Å². The number of piperidine rings is 1. The second-order valence-electron chi connectivity index (χ2n) is 5.73. The number of rotatable bonds is 1. The molecule has 1 fully saturated rings. The van der Waals surface area contributed by atoms with E-state index < -0.39 is 17.3 Å². The van der Waals surface area contributed by atoms with Crippen LogP contribution in [0.2, 0.25) is 0 Å². The van der Waals surface area contributed by atoms with Crippen molar-refractivity contribution < 1.29 is 13.2 Å². The molecule has 0 saturated carbocycles. The van der Waals surface area contributed by atoms with E-state index in [9.17, 15) is 18.0 Å². The van der Waals surface area contributed by atoms with Gasteiger partial charge in [-0.25, -0.2) is 0 Å². The van der Waals surface area contributed by atoms with Crippen LogP contribution in [-0.2, 0) is 12.6 Å². The number of fused-ring (bicyclic) bond motifs is 2. The number of hydrogen-bond donors (Lipinski definition) is 2. The fourth-order valence-electron chi connectivity index (χ4n) is 3.49. The van der Waals surface area contributed by atoms with Crippen molar-refractivity contribution in [3.05, 3.63) is 38.9 Å². The second kappa shape index (κ2) is 4.93. The number of H-pyrrole nitrogens is 1. The van der Waals surface area contributed by atoms with E-state index >= 15 is 0 Å². The number of pyridine rings is 1. The van der Waals surface area contributed by atoms with E-state index in [1.165, 1.54) is 0 Å². The molecule has 1 aromatic heterocycles. The van der Waals surface area contributed by atoms with Gasteiger partial charge in [-0.3, -0.25) is 4.79 Å². The minimum absolute atomic E-state index is 0.0863. The number of halogens is 3. The number of nitrogens with one attached hydrogen (secondary N) is 2. The summed E-state index contributed by atoms with van der Waals surface area (Å²) in [6.45, 7) is 2.90. The fourth-order valence-corrected chi connectivity index (χ4v) is 3.49. The van der Waals surface area contributed by atoms with Crippen LogP contribution in [0.5, 0.6) is 0 Å². The van der Waals surface area contributed by atoms with Crippen LogP contribution in [0.3, 0.4) is 0 Å². The molecule has 6 heteroatoms. The monoisotopic (exact) mass is 298 g/mol. The molecule has 0 radical (unpaired) electrons. The normalized spacial score (nSPS) is 24.7. The van der Waals surface area contributed by atoms with E-state index in [0.29, 0.717) is 24.1 Å². The summed E-state index contributed by atoms with van der Waals surface area (Å²) in [7, 11) is 0. The third kappa shape index (κ3) is 2.47. The van der Waals surface area contributed by atoms with Gasteiger partial charge in [0.05, 0.1) is 5.56 Å². The molecule has 2 N–H and O–H groups in total. The first-order chi connectivity index (χ1) is 9.90. The molecule has 3 rings (SSSR count). The van der Waals surface area contributed by atoms with Crippen molar-refractivity contribution in [2.24, 2.45) is 11.8 Å². The van der Waals surface area contributed by atoms with Gasteiger partial charge in [-0.1, -0.05) is 13.3 Å². The van der Waals surface area contributed by atoms with Crippen LogP contribution >= 0.6 is 0 Å². The molecule has 1 aliphatic heterocycles. The van der Waals surface area contributed by atoms with Gasteiger partial charge >= 0.3 is 6.18 Å². The zero-order valence-corrected chi connectivity index (χ0v) is 11.7. The van der Waals surface area contributed by atoms with Crippen molar-refractivity contribution in [2.45, 2.75) is 32.4 Å². The number of hydrogen-bond acceptors (Lipinski definition) is 2. The van der Waals surface area contributed by atoms with E-state index in [1.54, 1.807) is 6.08 Å². The highest BCUT2D eigenvalue weighted by Crippen LogP contribution is 2.41. The summed E-state index contributed by atoms with van der Waals surface area (Å²) in [5, 5.41) is 3.26. The maximum Gasteiger partial charge on any atom is 0.416 e. The maximum absolute atomic E-state index is 13.2. The maximum atomic E-state index is 13.2. The molecule has 2 aliphatic rings. The Morgan fingerprint density at radius 1 is 1.38 bits per heavy atom. The van der Waals surface area contributed by atoms with E-state index in [4.69, 9.17) is 0 Å². The molecule has 1 aliphatic carbocycles. The highest BCUT2D eigenvalue weighted by molar-refractivity contribution is 5.59. The highest BCUT2D eigenvalue weighted by Gasteiger charge is 2.39. The van der Waals surface area contributed by atoms with Gasteiger partial charge in [0, 0.05) is 29.9 Å². The van der Waals surface area contributed by atoms with Gasteiger partial charge < -0.3 is 10.3 Å². The van der Waals surface area contributed by atoms with E-state index in [0.717, 1.165) is 25.1 Å². The smallest absolute Gasteiger partial charge is 0.388 e. The minimum atomic E-state index is -4.49. The first kappa shape index (κ1) is 14.2. The lowest BCUT2D eigenvalue weighted by molar-refractivity contribution is -0.138. The van der Waals surface area contributed by atoms with Crippen LogP contribution in [0.4, 0.5) is 13.2 Å². The van der Waals surface area contributed by atoms with Crippen LogP contribution in [-0.4, -0.2) is 11.5 Å². The Balaban J connectivity index is 2.13. The first-order valence-electron chi connectivity index (χ1n) is 7.19. The van der Waals surface area contributed by atoms with Crippen LogP contribution in [0.15, 0.2) is 16.6 Å². The molecule has 21 heavy (non-hydrogen) atoms. The predicted molar refractivity (Wildman–Crippen MR) is 73.6 cm³/mol. The molecule has 0 amide bonds. The summed E-state index contributed by atoms with van der Waals surface area (Å²) < 4.78 is 39.5. The Bertz CT molecular complexity index is 645.